The minimum Gasteiger partial charge on any atom is -0.469 e. The van der Waals surface area contributed by atoms with Gasteiger partial charge in [0.1, 0.15) is 0 Å². The Kier molecular flexibility index (Phi) is 2.05. The second-order valence-electron chi connectivity index (χ2n) is 3.77. The van der Waals surface area contributed by atoms with Gasteiger partial charge in [0.05, 0.1) is 13.0 Å². The van der Waals surface area contributed by atoms with Gasteiger partial charge < -0.3 is 10.1 Å². The Morgan fingerprint density at radius 3 is 3.00 bits per heavy atom. The standard InChI is InChI=1S/C9H15NO2/c1-12-9(11)7-5-6-3-2-4-8(7)10-6/h6-8,10H,2-5H2,1H3/t6-,7-,8+/m1/s1. The molecule has 2 saturated heterocycles. The monoisotopic (exact) mass is 169 g/mol. The molecule has 68 valence electrons. The third-order valence-electron chi connectivity index (χ3n) is 3.05. The van der Waals surface area contributed by atoms with Crippen molar-refractivity contribution in [1.82, 2.24) is 5.32 Å². The highest BCUT2D eigenvalue weighted by Crippen LogP contribution is 2.32. The highest BCUT2D eigenvalue weighted by molar-refractivity contribution is 5.73. The Balaban J connectivity index is 2.04. The third-order valence-corrected chi connectivity index (χ3v) is 3.05. The van der Waals surface area contributed by atoms with E-state index >= 15 is 0 Å². The molecular formula is C9H15NO2. The molecule has 0 amide bonds. The van der Waals surface area contributed by atoms with Crippen LogP contribution in [0.1, 0.15) is 25.7 Å². The van der Waals surface area contributed by atoms with Crippen molar-refractivity contribution in [2.75, 3.05) is 7.11 Å². The summed E-state index contributed by atoms with van der Waals surface area (Å²) in [5.41, 5.74) is 0. The molecule has 2 aliphatic heterocycles. The van der Waals surface area contributed by atoms with Crippen molar-refractivity contribution >= 4 is 5.97 Å². The van der Waals surface area contributed by atoms with E-state index in [1.54, 1.807) is 0 Å². The van der Waals surface area contributed by atoms with Crippen LogP contribution in [-0.4, -0.2) is 25.2 Å². The molecule has 0 aromatic heterocycles. The fourth-order valence-electron chi connectivity index (χ4n) is 2.44. The van der Waals surface area contributed by atoms with Crippen LogP contribution >= 0.6 is 0 Å². The van der Waals surface area contributed by atoms with Gasteiger partial charge in [-0.2, -0.15) is 0 Å². The number of carbonyl (C=O) groups excluding carboxylic acids is 1. The van der Waals surface area contributed by atoms with Gasteiger partial charge in [0.25, 0.3) is 0 Å². The molecule has 2 bridgehead atoms. The Morgan fingerprint density at radius 1 is 1.50 bits per heavy atom. The lowest BCUT2D eigenvalue weighted by molar-refractivity contribution is -0.145. The van der Waals surface area contributed by atoms with Crippen molar-refractivity contribution in [2.24, 2.45) is 5.92 Å². The Morgan fingerprint density at radius 2 is 2.33 bits per heavy atom. The molecule has 3 nitrogen and oxygen atoms in total. The van der Waals surface area contributed by atoms with Gasteiger partial charge in [-0.3, -0.25) is 4.79 Å². The normalized spacial score (nSPS) is 39.6. The minimum atomic E-state index is -0.0306. The van der Waals surface area contributed by atoms with Crippen LogP contribution in [0.2, 0.25) is 0 Å². The first-order valence-electron chi connectivity index (χ1n) is 4.65. The summed E-state index contributed by atoms with van der Waals surface area (Å²) in [6.07, 6.45) is 4.60. The van der Waals surface area contributed by atoms with Gasteiger partial charge in [0.15, 0.2) is 0 Å². The quantitative estimate of drug-likeness (QED) is 0.587. The summed E-state index contributed by atoms with van der Waals surface area (Å²) < 4.78 is 4.76. The van der Waals surface area contributed by atoms with Crippen molar-refractivity contribution in [3.63, 3.8) is 0 Å². The van der Waals surface area contributed by atoms with Crippen LogP contribution in [0.4, 0.5) is 0 Å². The van der Waals surface area contributed by atoms with E-state index in [1.807, 2.05) is 0 Å². The zero-order valence-corrected chi connectivity index (χ0v) is 7.38. The van der Waals surface area contributed by atoms with E-state index < -0.39 is 0 Å². The van der Waals surface area contributed by atoms with Crippen molar-refractivity contribution in [3.05, 3.63) is 0 Å². The predicted molar refractivity (Wildman–Crippen MR) is 44.7 cm³/mol. The van der Waals surface area contributed by atoms with E-state index in [4.69, 9.17) is 4.74 Å². The van der Waals surface area contributed by atoms with Gasteiger partial charge in [0, 0.05) is 12.1 Å². The van der Waals surface area contributed by atoms with Crippen molar-refractivity contribution in [3.8, 4) is 0 Å². The number of carbonyl (C=O) groups is 1. The van der Waals surface area contributed by atoms with E-state index in [0.29, 0.717) is 12.1 Å². The van der Waals surface area contributed by atoms with Crippen LogP contribution in [0.15, 0.2) is 0 Å². The number of nitrogens with one attached hydrogen (secondary N) is 1. The molecule has 2 fully saturated rings. The Hall–Kier alpha value is -0.570. The summed E-state index contributed by atoms with van der Waals surface area (Å²) in [4.78, 5) is 11.3. The van der Waals surface area contributed by atoms with Crippen LogP contribution in [0.5, 0.6) is 0 Å². The predicted octanol–water partition coefficient (Wildman–Crippen LogP) is 0.690. The van der Waals surface area contributed by atoms with E-state index in [0.717, 1.165) is 12.8 Å². The van der Waals surface area contributed by atoms with Gasteiger partial charge in [-0.25, -0.2) is 0 Å². The molecule has 0 saturated carbocycles. The summed E-state index contributed by atoms with van der Waals surface area (Å²) in [7, 11) is 1.48. The molecule has 0 spiro atoms. The smallest absolute Gasteiger partial charge is 0.310 e. The van der Waals surface area contributed by atoms with Crippen molar-refractivity contribution < 1.29 is 9.53 Å². The molecular weight excluding hydrogens is 154 g/mol. The second kappa shape index (κ2) is 3.05. The van der Waals surface area contributed by atoms with E-state index in [2.05, 4.69) is 5.32 Å². The third kappa shape index (κ3) is 1.22. The highest BCUT2D eigenvalue weighted by atomic mass is 16.5. The van der Waals surface area contributed by atoms with E-state index in [9.17, 15) is 4.79 Å². The molecule has 2 rings (SSSR count). The Labute approximate surface area is 72.5 Å². The maximum absolute atomic E-state index is 11.3. The molecule has 0 unspecified atom stereocenters. The molecule has 12 heavy (non-hydrogen) atoms. The summed E-state index contributed by atoms with van der Waals surface area (Å²) in [6.45, 7) is 0. The molecule has 0 aromatic carbocycles. The zero-order valence-electron chi connectivity index (χ0n) is 7.38. The van der Waals surface area contributed by atoms with Crippen molar-refractivity contribution in [2.45, 2.75) is 37.8 Å². The largest absolute Gasteiger partial charge is 0.469 e. The van der Waals surface area contributed by atoms with Gasteiger partial charge in [-0.1, -0.05) is 6.42 Å². The summed E-state index contributed by atoms with van der Waals surface area (Å²) in [6, 6.07) is 0.976. The molecule has 2 heterocycles. The van der Waals surface area contributed by atoms with Gasteiger partial charge in [0.2, 0.25) is 0 Å². The molecule has 2 aliphatic rings. The molecule has 0 aromatic rings. The number of esters is 1. The lowest BCUT2D eigenvalue weighted by atomic mass is 9.99. The highest BCUT2D eigenvalue weighted by Gasteiger charge is 2.40. The van der Waals surface area contributed by atoms with E-state index in [1.165, 1.54) is 20.0 Å². The summed E-state index contributed by atoms with van der Waals surface area (Å²) in [5, 5.41) is 3.45. The van der Waals surface area contributed by atoms with Gasteiger partial charge >= 0.3 is 5.97 Å². The number of hydrogen-bond donors (Lipinski definition) is 1. The zero-order chi connectivity index (χ0) is 8.55. The van der Waals surface area contributed by atoms with Gasteiger partial charge in [-0.15, -0.1) is 0 Å². The summed E-state index contributed by atoms with van der Waals surface area (Å²) in [5.74, 6) is 0.0967. The average Bonchev–Trinajstić information content (AvgIpc) is 2.40. The lowest BCUT2D eigenvalue weighted by Gasteiger charge is -2.21. The van der Waals surface area contributed by atoms with Crippen LogP contribution in [-0.2, 0) is 9.53 Å². The number of ether oxygens (including phenoxy) is 1. The van der Waals surface area contributed by atoms with Crippen LogP contribution in [0.3, 0.4) is 0 Å². The first-order valence-corrected chi connectivity index (χ1v) is 4.65. The first kappa shape index (κ1) is 8.05. The maximum Gasteiger partial charge on any atom is 0.310 e. The number of fused-ring (bicyclic) bond motifs is 2. The van der Waals surface area contributed by atoms with Crippen LogP contribution in [0.25, 0.3) is 0 Å². The maximum atomic E-state index is 11.3. The molecule has 3 atom stereocenters. The minimum absolute atomic E-state index is 0.0306. The number of piperidine rings is 1. The molecule has 3 heteroatoms. The number of hydrogen-bond acceptors (Lipinski definition) is 3. The van der Waals surface area contributed by atoms with E-state index in [-0.39, 0.29) is 11.9 Å². The van der Waals surface area contributed by atoms with Crippen LogP contribution in [0, 0.1) is 5.92 Å². The average molecular weight is 169 g/mol. The molecule has 1 N–H and O–H groups in total. The second-order valence-corrected chi connectivity index (χ2v) is 3.77. The van der Waals surface area contributed by atoms with Crippen molar-refractivity contribution in [1.29, 1.82) is 0 Å². The van der Waals surface area contributed by atoms with Crippen LogP contribution < -0.4 is 5.32 Å². The summed E-state index contributed by atoms with van der Waals surface area (Å²) >= 11 is 0. The molecule has 0 aliphatic carbocycles. The SMILES string of the molecule is COC(=O)[C@@H]1C[C@H]2CCC[C@@H]1N2. The number of methoxy groups -OCH3 is 1. The van der Waals surface area contributed by atoms with Gasteiger partial charge in [-0.05, 0) is 19.3 Å². The topological polar surface area (TPSA) is 38.3 Å². The Bertz CT molecular complexity index is 193. The fourth-order valence-corrected chi connectivity index (χ4v) is 2.44. The molecule has 0 radical (unpaired) electrons. The number of rotatable bonds is 1. The first-order chi connectivity index (χ1) is 5.81. The lowest BCUT2D eigenvalue weighted by Crippen LogP contribution is -2.37. The fraction of sp³-hybridized carbons (Fsp3) is 0.889.